The Morgan fingerprint density at radius 2 is 2.40 bits per heavy atom. The van der Waals surface area contributed by atoms with Gasteiger partial charge in [0.25, 0.3) is 0 Å². The normalized spacial score (nSPS) is 17.7. The zero-order chi connectivity index (χ0) is 7.14. The van der Waals surface area contributed by atoms with E-state index in [9.17, 15) is 0 Å². The molecule has 0 radical (unpaired) electrons. The summed E-state index contributed by atoms with van der Waals surface area (Å²) in [5.74, 6) is 1.39. The minimum atomic E-state index is 0.643. The fourth-order valence-corrected chi connectivity index (χ4v) is 1.27. The van der Waals surface area contributed by atoms with Crippen LogP contribution in [0.4, 0.5) is 5.82 Å². The second kappa shape index (κ2) is 1.75. The van der Waals surface area contributed by atoms with Crippen molar-refractivity contribution in [3.05, 3.63) is 11.8 Å². The maximum atomic E-state index is 5.51. The average molecular weight is 137 g/mol. The van der Waals surface area contributed by atoms with Crippen molar-refractivity contribution >= 4 is 5.82 Å². The summed E-state index contributed by atoms with van der Waals surface area (Å²) in [7, 11) is 1.95. The molecule has 3 nitrogen and oxygen atoms in total. The lowest BCUT2D eigenvalue weighted by molar-refractivity contribution is 0.717. The molecule has 2 rings (SSSR count). The summed E-state index contributed by atoms with van der Waals surface area (Å²) in [5, 5.41) is 4.07. The zero-order valence-electron chi connectivity index (χ0n) is 6.04. The van der Waals surface area contributed by atoms with E-state index in [4.69, 9.17) is 5.73 Å². The minimum Gasteiger partial charge on any atom is -0.382 e. The Balaban J connectivity index is 2.38. The van der Waals surface area contributed by atoms with Crippen LogP contribution in [0.5, 0.6) is 0 Å². The number of nitrogen functional groups attached to an aromatic ring is 1. The summed E-state index contributed by atoms with van der Waals surface area (Å²) in [6.07, 6.45) is 2.61. The fourth-order valence-electron chi connectivity index (χ4n) is 1.27. The van der Waals surface area contributed by atoms with Crippen molar-refractivity contribution in [1.29, 1.82) is 0 Å². The standard InChI is InChI=1S/C7H11N3/c1-10-6(5-2-3-5)4-7(8)9-10/h4-5H,2-3H2,1H3,(H2,8,9). The molecule has 1 aromatic rings. The molecule has 10 heavy (non-hydrogen) atoms. The van der Waals surface area contributed by atoms with Gasteiger partial charge in [-0.3, -0.25) is 4.68 Å². The monoisotopic (exact) mass is 137 g/mol. The molecule has 1 aliphatic rings. The van der Waals surface area contributed by atoms with Crippen molar-refractivity contribution in [2.45, 2.75) is 18.8 Å². The first kappa shape index (κ1) is 5.77. The van der Waals surface area contributed by atoms with Crippen molar-refractivity contribution < 1.29 is 0 Å². The van der Waals surface area contributed by atoms with E-state index in [1.54, 1.807) is 0 Å². The summed E-state index contributed by atoms with van der Waals surface area (Å²) in [6, 6.07) is 1.97. The molecular formula is C7H11N3. The number of nitrogens with two attached hydrogens (primary N) is 1. The summed E-state index contributed by atoms with van der Waals surface area (Å²) < 4.78 is 1.88. The molecule has 0 atom stereocenters. The largest absolute Gasteiger partial charge is 0.382 e. The van der Waals surface area contributed by atoms with Crippen LogP contribution in [0.15, 0.2) is 6.07 Å². The topological polar surface area (TPSA) is 43.8 Å². The quantitative estimate of drug-likeness (QED) is 0.624. The highest BCUT2D eigenvalue weighted by molar-refractivity contribution is 5.32. The van der Waals surface area contributed by atoms with E-state index in [1.165, 1.54) is 18.5 Å². The smallest absolute Gasteiger partial charge is 0.145 e. The van der Waals surface area contributed by atoms with Gasteiger partial charge in [-0.2, -0.15) is 5.10 Å². The van der Waals surface area contributed by atoms with Crippen LogP contribution in [-0.4, -0.2) is 9.78 Å². The first-order chi connectivity index (χ1) is 4.77. The molecule has 2 N–H and O–H groups in total. The van der Waals surface area contributed by atoms with Gasteiger partial charge in [-0.25, -0.2) is 0 Å². The predicted octanol–water partition coefficient (Wildman–Crippen LogP) is 0.880. The van der Waals surface area contributed by atoms with Gasteiger partial charge >= 0.3 is 0 Å². The van der Waals surface area contributed by atoms with Gasteiger partial charge < -0.3 is 5.73 Å². The van der Waals surface area contributed by atoms with E-state index in [2.05, 4.69) is 5.10 Å². The zero-order valence-corrected chi connectivity index (χ0v) is 6.04. The molecule has 0 aromatic carbocycles. The van der Waals surface area contributed by atoms with Crippen LogP contribution in [0.1, 0.15) is 24.5 Å². The van der Waals surface area contributed by atoms with Crippen LogP contribution in [0, 0.1) is 0 Å². The first-order valence-electron chi connectivity index (χ1n) is 3.57. The van der Waals surface area contributed by atoms with E-state index in [1.807, 2.05) is 17.8 Å². The number of hydrogen-bond acceptors (Lipinski definition) is 2. The Morgan fingerprint density at radius 1 is 1.70 bits per heavy atom. The molecule has 54 valence electrons. The van der Waals surface area contributed by atoms with E-state index in [0.29, 0.717) is 5.82 Å². The van der Waals surface area contributed by atoms with Crippen molar-refractivity contribution in [2.24, 2.45) is 7.05 Å². The van der Waals surface area contributed by atoms with E-state index in [-0.39, 0.29) is 0 Å². The van der Waals surface area contributed by atoms with Crippen molar-refractivity contribution in [3.63, 3.8) is 0 Å². The number of aryl methyl sites for hydroxylation is 1. The molecule has 0 spiro atoms. The van der Waals surface area contributed by atoms with Crippen LogP contribution < -0.4 is 5.73 Å². The van der Waals surface area contributed by atoms with Crippen molar-refractivity contribution in [1.82, 2.24) is 9.78 Å². The highest BCUT2D eigenvalue weighted by atomic mass is 15.3. The Kier molecular flexibility index (Phi) is 1.01. The van der Waals surface area contributed by atoms with Crippen LogP contribution in [0.2, 0.25) is 0 Å². The van der Waals surface area contributed by atoms with E-state index >= 15 is 0 Å². The number of hydrogen-bond donors (Lipinski definition) is 1. The second-order valence-corrected chi connectivity index (χ2v) is 2.89. The Labute approximate surface area is 59.8 Å². The van der Waals surface area contributed by atoms with Crippen LogP contribution in [0.3, 0.4) is 0 Å². The van der Waals surface area contributed by atoms with Gasteiger partial charge in [-0.1, -0.05) is 0 Å². The van der Waals surface area contributed by atoms with Gasteiger partial charge in [0.2, 0.25) is 0 Å². The lowest BCUT2D eigenvalue weighted by Gasteiger charge is -1.94. The average Bonchev–Trinajstić information content (AvgIpc) is 2.61. The highest BCUT2D eigenvalue weighted by Crippen LogP contribution is 2.40. The van der Waals surface area contributed by atoms with E-state index in [0.717, 1.165) is 5.92 Å². The van der Waals surface area contributed by atoms with Gasteiger partial charge in [-0.05, 0) is 12.8 Å². The number of aromatic nitrogens is 2. The summed E-state index contributed by atoms with van der Waals surface area (Å²) in [4.78, 5) is 0. The molecule has 0 aliphatic heterocycles. The molecule has 1 aromatic heterocycles. The van der Waals surface area contributed by atoms with Crippen molar-refractivity contribution in [2.75, 3.05) is 5.73 Å². The van der Waals surface area contributed by atoms with Crippen LogP contribution in [-0.2, 0) is 7.05 Å². The SMILES string of the molecule is Cn1nc(N)cc1C1CC1. The summed E-state index contributed by atoms with van der Waals surface area (Å²) in [6.45, 7) is 0. The minimum absolute atomic E-state index is 0.643. The third-order valence-electron chi connectivity index (χ3n) is 1.93. The van der Waals surface area contributed by atoms with Gasteiger partial charge in [0.05, 0.1) is 0 Å². The van der Waals surface area contributed by atoms with E-state index < -0.39 is 0 Å². The maximum absolute atomic E-state index is 5.51. The van der Waals surface area contributed by atoms with Crippen LogP contribution in [0.25, 0.3) is 0 Å². The Morgan fingerprint density at radius 3 is 2.80 bits per heavy atom. The Bertz CT molecular complexity index is 247. The summed E-state index contributed by atoms with van der Waals surface area (Å²) in [5.41, 5.74) is 6.80. The molecule has 0 bridgehead atoms. The number of rotatable bonds is 1. The predicted molar refractivity (Wildman–Crippen MR) is 39.6 cm³/mol. The van der Waals surface area contributed by atoms with Gasteiger partial charge in [-0.15, -0.1) is 0 Å². The number of nitrogens with zero attached hydrogens (tertiary/aromatic N) is 2. The molecular weight excluding hydrogens is 126 g/mol. The molecule has 1 aliphatic carbocycles. The van der Waals surface area contributed by atoms with Crippen LogP contribution >= 0.6 is 0 Å². The molecule has 1 heterocycles. The third-order valence-corrected chi connectivity index (χ3v) is 1.93. The van der Waals surface area contributed by atoms with Gasteiger partial charge in [0.15, 0.2) is 0 Å². The first-order valence-corrected chi connectivity index (χ1v) is 3.57. The Hall–Kier alpha value is -0.990. The number of anilines is 1. The molecule has 3 heteroatoms. The fraction of sp³-hybridized carbons (Fsp3) is 0.571. The molecule has 1 fully saturated rings. The lowest BCUT2D eigenvalue weighted by Crippen LogP contribution is -1.96. The van der Waals surface area contributed by atoms with Gasteiger partial charge in [0.1, 0.15) is 5.82 Å². The van der Waals surface area contributed by atoms with Gasteiger partial charge in [0, 0.05) is 24.7 Å². The second-order valence-electron chi connectivity index (χ2n) is 2.89. The van der Waals surface area contributed by atoms with Crippen molar-refractivity contribution in [3.8, 4) is 0 Å². The molecule has 1 saturated carbocycles. The lowest BCUT2D eigenvalue weighted by atomic mass is 10.3. The highest BCUT2D eigenvalue weighted by Gasteiger charge is 2.26. The molecule has 0 unspecified atom stereocenters. The third kappa shape index (κ3) is 0.781. The summed E-state index contributed by atoms with van der Waals surface area (Å²) >= 11 is 0. The maximum Gasteiger partial charge on any atom is 0.145 e. The molecule has 0 saturated heterocycles. The molecule has 0 amide bonds.